The molecule has 2 aliphatic heterocycles. The van der Waals surface area contributed by atoms with Crippen molar-refractivity contribution in [1.29, 1.82) is 0 Å². The van der Waals surface area contributed by atoms with Gasteiger partial charge in [-0.15, -0.1) is 0 Å². The van der Waals surface area contributed by atoms with Crippen LogP contribution in [0.1, 0.15) is 178 Å². The molecule has 1 aliphatic carbocycles. The molecule has 2 aromatic rings. The number of ether oxygens (including phenoxy) is 3. The van der Waals surface area contributed by atoms with Gasteiger partial charge in [-0.3, -0.25) is 54.2 Å². The van der Waals surface area contributed by atoms with Gasteiger partial charge in [-0.25, -0.2) is 4.79 Å². The molecule has 1 saturated carbocycles. The molecule has 5 rings (SSSR count). The second kappa shape index (κ2) is 33.8. The lowest BCUT2D eigenvalue weighted by Gasteiger charge is -2.36. The van der Waals surface area contributed by atoms with Crippen molar-refractivity contribution < 1.29 is 52.6 Å². The van der Waals surface area contributed by atoms with E-state index in [0.29, 0.717) is 51.7 Å². The maximum absolute atomic E-state index is 14.5. The standard InChI is InChI=1S/C65H99N7O11.C2H6/c1-15-48(37-43(6)57(41(2)3)66-61(78)58(42(4)5)70(12)34-26-33-53(74)69-68-52(73)32-23-18-24-35-72-55(76)39-64(10,11)62(72)79)44(7)51(81-13)38-54(75)71-36-25-31-50(71)59(82-14)45(8)60(77)67-65(46(9)56(65)49-29-21-17-22-30-49)63(80)83-40-47-27-19-16-20-28-47;1-2/h16-17,19-22,27-30,37,41-42,44-46,48,50-51,56-59H,15,18,23-26,31-36,38-40H2,1-14H3,(H,66,78)(H,67,77)(H,68,73)(H,69,74);1-2H3/b43-37+;/t44?,45?,46?,48?,50?,51?,56?,57-,58?,59?,65?;/m0./s1. The number of amides is 7. The van der Waals surface area contributed by atoms with E-state index >= 15 is 0 Å². The second-order valence-electron chi connectivity index (χ2n) is 25.0. The number of nitrogens with one attached hydrogen (secondary N) is 4. The number of nitrogens with zero attached hydrogens (tertiary/aromatic N) is 3. The summed E-state index contributed by atoms with van der Waals surface area (Å²) in [6.45, 7) is 27.1. The Morgan fingerprint density at radius 2 is 1.42 bits per heavy atom. The Hall–Kier alpha value is -5.98. The third kappa shape index (κ3) is 19.0. The van der Waals surface area contributed by atoms with Crippen LogP contribution >= 0.6 is 0 Å². The SMILES string of the molecule is CC.CCC(/C=C(\C)[C@@H](NC(=O)C(C(C)C)N(C)CCCC(=O)NNC(=O)CCCCCN1C(=O)CC(C)(C)C1=O)C(C)C)C(C)C(CC(=O)N1CCCC1C(OC)C(C)C(=O)NC1(C(=O)OCc2ccccc2)C(C)C1c1ccccc1)OC. The normalized spacial score (nSPS) is 21.7. The van der Waals surface area contributed by atoms with Crippen LogP contribution in [-0.4, -0.2) is 139 Å². The van der Waals surface area contributed by atoms with Gasteiger partial charge in [-0.1, -0.05) is 162 Å². The fourth-order valence-corrected chi connectivity index (χ4v) is 12.8. The Morgan fingerprint density at radius 3 is 1.98 bits per heavy atom. The first kappa shape index (κ1) is 71.5. The average molecular weight is 1180 g/mol. The first-order valence-corrected chi connectivity index (χ1v) is 31.4. The topological polar surface area (TPSA) is 222 Å². The number of unbranched alkanes of at least 4 members (excludes halogenated alkanes) is 2. The highest BCUT2D eigenvalue weighted by Gasteiger charge is 2.70. The summed E-state index contributed by atoms with van der Waals surface area (Å²) < 4.78 is 18.2. The van der Waals surface area contributed by atoms with Crippen molar-refractivity contribution in [2.45, 2.75) is 209 Å². The number of hydrogen-bond donors (Lipinski definition) is 4. The van der Waals surface area contributed by atoms with Crippen molar-refractivity contribution in [3.63, 3.8) is 0 Å². The van der Waals surface area contributed by atoms with E-state index in [2.05, 4.69) is 55.3 Å². The van der Waals surface area contributed by atoms with Crippen LogP contribution in [0.25, 0.3) is 0 Å². The van der Waals surface area contributed by atoms with E-state index in [9.17, 15) is 38.4 Å². The number of benzene rings is 2. The molecule has 3 aliphatic rings. The molecule has 7 amide bonds. The lowest BCUT2D eigenvalue weighted by molar-refractivity contribution is -0.152. The van der Waals surface area contributed by atoms with Crippen LogP contribution in [0.2, 0.25) is 0 Å². The summed E-state index contributed by atoms with van der Waals surface area (Å²) in [5, 5.41) is 6.52. The number of allylic oxidation sites excluding steroid dienone is 1. The molecule has 474 valence electrons. The molecular formula is C67H105N7O11. The molecule has 11 atom stereocenters. The molecular weight excluding hydrogens is 1080 g/mol. The molecule has 3 fully saturated rings. The zero-order valence-electron chi connectivity index (χ0n) is 54.2. The minimum absolute atomic E-state index is 0.00483. The van der Waals surface area contributed by atoms with Gasteiger partial charge in [-0.05, 0) is 93.8 Å². The molecule has 2 saturated heterocycles. The van der Waals surface area contributed by atoms with Crippen molar-refractivity contribution in [2.24, 2.45) is 40.9 Å². The Bertz CT molecular complexity index is 2540. The Morgan fingerprint density at radius 1 is 0.812 bits per heavy atom. The van der Waals surface area contributed by atoms with Crippen molar-refractivity contribution in [3.8, 4) is 0 Å². The van der Waals surface area contributed by atoms with Gasteiger partial charge in [-0.2, -0.15) is 0 Å². The largest absolute Gasteiger partial charge is 0.459 e. The first-order chi connectivity index (χ1) is 40.3. The van der Waals surface area contributed by atoms with Gasteiger partial charge in [0.25, 0.3) is 0 Å². The summed E-state index contributed by atoms with van der Waals surface area (Å²) in [6, 6.07) is 18.0. The van der Waals surface area contributed by atoms with Gasteiger partial charge >= 0.3 is 5.97 Å². The van der Waals surface area contributed by atoms with E-state index in [1.807, 2.05) is 119 Å². The predicted molar refractivity (Wildman–Crippen MR) is 331 cm³/mol. The van der Waals surface area contributed by atoms with E-state index in [1.54, 1.807) is 35.0 Å². The Labute approximate surface area is 508 Å². The molecule has 2 aromatic carbocycles. The Kier molecular flexibility index (Phi) is 28.4. The van der Waals surface area contributed by atoms with E-state index in [-0.39, 0.29) is 121 Å². The molecule has 18 nitrogen and oxygen atoms in total. The number of esters is 1. The quantitative estimate of drug-likeness (QED) is 0.0177. The molecule has 85 heavy (non-hydrogen) atoms. The third-order valence-corrected chi connectivity index (χ3v) is 17.8. The molecule has 18 heteroatoms. The summed E-state index contributed by atoms with van der Waals surface area (Å²) in [6.07, 6.45) is 6.22. The van der Waals surface area contributed by atoms with Crippen LogP contribution in [0.5, 0.6) is 0 Å². The number of methoxy groups -OCH3 is 2. The predicted octanol–water partition coefficient (Wildman–Crippen LogP) is 9.07. The maximum Gasteiger partial charge on any atom is 0.333 e. The van der Waals surface area contributed by atoms with Gasteiger partial charge < -0.3 is 29.7 Å². The van der Waals surface area contributed by atoms with Crippen LogP contribution in [0.4, 0.5) is 0 Å². The van der Waals surface area contributed by atoms with E-state index in [0.717, 1.165) is 29.5 Å². The van der Waals surface area contributed by atoms with Crippen molar-refractivity contribution >= 4 is 47.3 Å². The number of carbonyl (C=O) groups excluding carboxylic acids is 8. The number of likely N-dealkylation sites (tertiary alicyclic amines) is 2. The fourth-order valence-electron chi connectivity index (χ4n) is 12.8. The van der Waals surface area contributed by atoms with Gasteiger partial charge in [0, 0.05) is 58.4 Å². The lowest BCUT2D eigenvalue weighted by Crippen LogP contribution is -2.54. The summed E-state index contributed by atoms with van der Waals surface area (Å²) in [4.78, 5) is 112. The van der Waals surface area contributed by atoms with Crippen LogP contribution in [0.15, 0.2) is 72.3 Å². The highest BCUT2D eigenvalue weighted by atomic mass is 16.5. The number of imide groups is 1. The number of carbonyl (C=O) groups is 8. The number of hydrogen-bond acceptors (Lipinski definition) is 12. The van der Waals surface area contributed by atoms with Gasteiger partial charge in [0.2, 0.25) is 41.4 Å². The summed E-state index contributed by atoms with van der Waals surface area (Å²) in [7, 11) is 5.08. The zero-order valence-corrected chi connectivity index (χ0v) is 54.2. The van der Waals surface area contributed by atoms with Crippen LogP contribution < -0.4 is 21.5 Å². The lowest BCUT2D eigenvalue weighted by atomic mass is 9.82. The van der Waals surface area contributed by atoms with Crippen LogP contribution in [0, 0.1) is 40.9 Å². The van der Waals surface area contributed by atoms with Crippen molar-refractivity contribution in [1.82, 2.24) is 36.2 Å². The summed E-state index contributed by atoms with van der Waals surface area (Å²) in [5.41, 5.74) is 5.81. The third-order valence-electron chi connectivity index (χ3n) is 17.8. The van der Waals surface area contributed by atoms with Gasteiger partial charge in [0.15, 0.2) is 0 Å². The number of likely N-dealkylation sites (N-methyl/N-ethyl adjacent to an activating group) is 1. The average Bonchev–Trinajstić information content (AvgIpc) is 1.68. The first-order valence-electron chi connectivity index (χ1n) is 31.4. The van der Waals surface area contributed by atoms with Crippen LogP contribution in [0.3, 0.4) is 0 Å². The molecule has 0 aromatic heterocycles. The number of hydrazine groups is 1. The Balaban J connectivity index is 0.00000766. The fraction of sp³-hybridized carbons (Fsp3) is 0.672. The molecule has 0 bridgehead atoms. The van der Waals surface area contributed by atoms with E-state index < -0.39 is 41.1 Å². The highest BCUT2D eigenvalue weighted by molar-refractivity contribution is 6.05. The summed E-state index contributed by atoms with van der Waals surface area (Å²) in [5.74, 6) is -3.33. The highest BCUT2D eigenvalue weighted by Crippen LogP contribution is 2.58. The minimum Gasteiger partial charge on any atom is -0.459 e. The smallest absolute Gasteiger partial charge is 0.333 e. The molecule has 4 N–H and O–H groups in total. The molecule has 0 spiro atoms. The van der Waals surface area contributed by atoms with Gasteiger partial charge in [0.1, 0.15) is 12.1 Å². The van der Waals surface area contributed by atoms with E-state index in [4.69, 9.17) is 14.2 Å². The van der Waals surface area contributed by atoms with E-state index in [1.165, 1.54) is 4.90 Å². The molecule has 0 radical (unpaired) electrons. The number of rotatable bonds is 32. The summed E-state index contributed by atoms with van der Waals surface area (Å²) >= 11 is 0. The second-order valence-corrected chi connectivity index (χ2v) is 25.0. The minimum atomic E-state index is -1.27. The van der Waals surface area contributed by atoms with Gasteiger partial charge in [0.05, 0.1) is 48.1 Å². The monoisotopic (exact) mass is 1180 g/mol. The maximum atomic E-state index is 14.5. The molecule has 2 heterocycles. The zero-order chi connectivity index (χ0) is 63.3. The van der Waals surface area contributed by atoms with Crippen molar-refractivity contribution in [2.75, 3.05) is 40.9 Å². The molecule has 10 unspecified atom stereocenters. The van der Waals surface area contributed by atoms with Crippen molar-refractivity contribution in [3.05, 3.63) is 83.4 Å². The van der Waals surface area contributed by atoms with Crippen LogP contribution in [-0.2, 0) is 59.2 Å².